The van der Waals surface area contributed by atoms with Crippen molar-refractivity contribution in [1.82, 2.24) is 10.3 Å². The van der Waals surface area contributed by atoms with Crippen LogP contribution in [0.3, 0.4) is 0 Å². The van der Waals surface area contributed by atoms with Gasteiger partial charge in [-0.25, -0.2) is 4.39 Å². The second-order valence-corrected chi connectivity index (χ2v) is 5.94. The Hall–Kier alpha value is -2.21. The highest BCUT2D eigenvalue weighted by Crippen LogP contribution is 2.20. The molecule has 0 saturated carbocycles. The van der Waals surface area contributed by atoms with Crippen molar-refractivity contribution < 1.29 is 9.50 Å². The van der Waals surface area contributed by atoms with Gasteiger partial charge in [0.05, 0.1) is 11.1 Å². The Morgan fingerprint density at radius 1 is 1.21 bits per heavy atom. The lowest BCUT2D eigenvalue weighted by molar-refractivity contribution is 0.174. The molecule has 1 aromatic heterocycles. The minimum absolute atomic E-state index is 0.0154. The Morgan fingerprint density at radius 3 is 2.79 bits per heavy atom. The molecule has 4 nitrogen and oxygen atoms in total. The highest BCUT2D eigenvalue weighted by atomic mass is 35.5. The molecule has 6 heteroatoms. The number of rotatable bonds is 5. The van der Waals surface area contributed by atoms with Crippen molar-refractivity contribution >= 4 is 22.5 Å². The molecule has 0 aliphatic carbocycles. The lowest BCUT2D eigenvalue weighted by Gasteiger charge is -2.13. The molecule has 3 aromatic rings. The lowest BCUT2D eigenvalue weighted by atomic mass is 10.1. The summed E-state index contributed by atoms with van der Waals surface area (Å²) < 4.78 is 13.4. The Morgan fingerprint density at radius 2 is 2.00 bits per heavy atom. The van der Waals surface area contributed by atoms with Gasteiger partial charge >= 0.3 is 0 Å². The molecule has 0 bridgehead atoms. The number of para-hydroxylation sites is 1. The van der Waals surface area contributed by atoms with Crippen LogP contribution in [-0.2, 0) is 6.54 Å². The maximum Gasteiger partial charge on any atom is 0.252 e. The first kappa shape index (κ1) is 16.6. The first-order chi connectivity index (χ1) is 11.5. The van der Waals surface area contributed by atoms with Gasteiger partial charge in [-0.3, -0.25) is 4.79 Å². The summed E-state index contributed by atoms with van der Waals surface area (Å²) in [6.07, 6.45) is -0.892. The molecular formula is C18H16ClFN2O2. The van der Waals surface area contributed by atoms with Crippen molar-refractivity contribution in [2.24, 2.45) is 0 Å². The van der Waals surface area contributed by atoms with Crippen LogP contribution in [0.4, 0.5) is 4.39 Å². The van der Waals surface area contributed by atoms with E-state index in [0.717, 1.165) is 10.9 Å². The molecular weight excluding hydrogens is 331 g/mol. The molecule has 24 heavy (non-hydrogen) atoms. The number of aromatic nitrogens is 1. The summed E-state index contributed by atoms with van der Waals surface area (Å²) in [7, 11) is 0. The van der Waals surface area contributed by atoms with Crippen LogP contribution in [0, 0.1) is 5.82 Å². The van der Waals surface area contributed by atoms with E-state index in [1.54, 1.807) is 6.07 Å². The number of benzene rings is 2. The predicted octanol–water partition coefficient (Wildman–Crippen LogP) is 3.14. The number of aromatic amines is 1. The highest BCUT2D eigenvalue weighted by Gasteiger charge is 2.10. The van der Waals surface area contributed by atoms with E-state index in [4.69, 9.17) is 11.6 Å². The molecule has 0 amide bonds. The smallest absolute Gasteiger partial charge is 0.252 e. The molecule has 1 heterocycles. The van der Waals surface area contributed by atoms with Crippen LogP contribution in [-0.4, -0.2) is 16.6 Å². The quantitative estimate of drug-likeness (QED) is 0.665. The van der Waals surface area contributed by atoms with Crippen LogP contribution in [0.5, 0.6) is 0 Å². The number of pyridine rings is 1. The lowest BCUT2D eigenvalue weighted by Crippen LogP contribution is -2.25. The Labute approximate surface area is 142 Å². The van der Waals surface area contributed by atoms with Gasteiger partial charge in [-0.1, -0.05) is 35.9 Å². The number of aliphatic hydroxyl groups excluding tert-OH is 1. The van der Waals surface area contributed by atoms with Crippen molar-refractivity contribution in [3.63, 3.8) is 0 Å². The van der Waals surface area contributed by atoms with Gasteiger partial charge in [0.2, 0.25) is 0 Å². The number of aliphatic hydroxyl groups is 1. The van der Waals surface area contributed by atoms with Crippen LogP contribution in [0.25, 0.3) is 10.9 Å². The molecule has 1 atom stereocenters. The number of nitrogens with one attached hydrogen (secondary N) is 2. The molecule has 0 aliphatic rings. The number of halogens is 2. The molecule has 0 saturated heterocycles. The third-order valence-electron chi connectivity index (χ3n) is 3.81. The minimum atomic E-state index is -0.892. The van der Waals surface area contributed by atoms with Crippen LogP contribution < -0.4 is 10.9 Å². The fourth-order valence-corrected chi connectivity index (χ4v) is 2.62. The second kappa shape index (κ2) is 7.13. The average molecular weight is 347 g/mol. The van der Waals surface area contributed by atoms with E-state index < -0.39 is 11.9 Å². The zero-order valence-electron chi connectivity index (χ0n) is 12.7. The van der Waals surface area contributed by atoms with Gasteiger partial charge in [0.25, 0.3) is 5.56 Å². The van der Waals surface area contributed by atoms with Gasteiger partial charge in [0.15, 0.2) is 0 Å². The number of hydrogen-bond donors (Lipinski definition) is 3. The minimum Gasteiger partial charge on any atom is -0.387 e. The molecule has 0 fully saturated rings. The summed E-state index contributed by atoms with van der Waals surface area (Å²) >= 11 is 5.62. The van der Waals surface area contributed by atoms with Gasteiger partial charge in [0, 0.05) is 24.2 Å². The average Bonchev–Trinajstić information content (AvgIpc) is 2.57. The van der Waals surface area contributed by atoms with Crippen molar-refractivity contribution in [2.45, 2.75) is 12.6 Å². The molecule has 2 aromatic carbocycles. The number of H-pyrrole nitrogens is 1. The van der Waals surface area contributed by atoms with Gasteiger partial charge in [-0.15, -0.1) is 0 Å². The third kappa shape index (κ3) is 3.64. The van der Waals surface area contributed by atoms with E-state index in [1.165, 1.54) is 12.1 Å². The molecule has 0 aliphatic heterocycles. The van der Waals surface area contributed by atoms with Crippen LogP contribution >= 0.6 is 11.6 Å². The van der Waals surface area contributed by atoms with Crippen molar-refractivity contribution in [3.05, 3.63) is 80.9 Å². The Balaban J connectivity index is 1.66. The van der Waals surface area contributed by atoms with E-state index in [0.29, 0.717) is 17.7 Å². The van der Waals surface area contributed by atoms with Crippen LogP contribution in [0.2, 0.25) is 5.02 Å². The highest BCUT2D eigenvalue weighted by molar-refractivity contribution is 6.30. The summed E-state index contributed by atoms with van der Waals surface area (Å²) in [6.45, 7) is 0.487. The molecule has 0 spiro atoms. The van der Waals surface area contributed by atoms with Gasteiger partial charge in [-0.2, -0.15) is 0 Å². The van der Waals surface area contributed by atoms with E-state index in [9.17, 15) is 14.3 Å². The van der Waals surface area contributed by atoms with E-state index in [1.807, 2.05) is 30.3 Å². The summed E-state index contributed by atoms with van der Waals surface area (Å²) in [5.41, 5.74) is 1.61. The van der Waals surface area contributed by atoms with Gasteiger partial charge in [-0.05, 0) is 35.2 Å². The summed E-state index contributed by atoms with van der Waals surface area (Å²) in [5, 5.41) is 14.1. The number of hydrogen-bond acceptors (Lipinski definition) is 3. The Bertz CT molecular complexity index is 926. The Kier molecular flexibility index (Phi) is 4.94. The third-order valence-corrected chi connectivity index (χ3v) is 4.12. The zero-order chi connectivity index (χ0) is 17.1. The maximum atomic E-state index is 13.4. The molecule has 3 rings (SSSR count). The predicted molar refractivity (Wildman–Crippen MR) is 92.6 cm³/mol. The van der Waals surface area contributed by atoms with Crippen molar-refractivity contribution in [1.29, 1.82) is 0 Å². The second-order valence-electron chi connectivity index (χ2n) is 5.53. The first-order valence-electron chi connectivity index (χ1n) is 7.49. The van der Waals surface area contributed by atoms with E-state index in [2.05, 4.69) is 10.3 Å². The topological polar surface area (TPSA) is 65.1 Å². The molecule has 1 unspecified atom stereocenters. The molecule has 124 valence electrons. The first-order valence-corrected chi connectivity index (χ1v) is 7.87. The van der Waals surface area contributed by atoms with Crippen LogP contribution in [0.1, 0.15) is 17.2 Å². The van der Waals surface area contributed by atoms with E-state index >= 15 is 0 Å². The molecule has 0 radical (unpaired) electrons. The van der Waals surface area contributed by atoms with Gasteiger partial charge in [0.1, 0.15) is 5.82 Å². The monoisotopic (exact) mass is 346 g/mol. The van der Waals surface area contributed by atoms with Crippen molar-refractivity contribution in [3.8, 4) is 0 Å². The zero-order valence-corrected chi connectivity index (χ0v) is 13.5. The fourth-order valence-electron chi connectivity index (χ4n) is 2.50. The maximum absolute atomic E-state index is 13.4. The number of fused-ring (bicyclic) bond motifs is 1. The fraction of sp³-hybridized carbons (Fsp3) is 0.167. The summed E-state index contributed by atoms with van der Waals surface area (Å²) in [5.74, 6) is -0.570. The van der Waals surface area contributed by atoms with Crippen LogP contribution in [0.15, 0.2) is 53.3 Å². The summed E-state index contributed by atoms with van der Waals surface area (Å²) in [4.78, 5) is 14.9. The largest absolute Gasteiger partial charge is 0.387 e. The normalized spacial score (nSPS) is 12.5. The SMILES string of the molecule is O=c1[nH]c2ccccc2cc1CNCC(O)c1ccc(Cl)c(F)c1. The summed E-state index contributed by atoms with van der Waals surface area (Å²) in [6, 6.07) is 13.5. The van der Waals surface area contributed by atoms with E-state index in [-0.39, 0.29) is 17.1 Å². The standard InChI is InChI=1S/C18H16ClFN2O2/c19-14-6-5-12(8-15(14)20)17(23)10-21-9-13-7-11-3-1-2-4-16(11)22-18(13)24/h1-8,17,21,23H,9-10H2,(H,22,24). The molecule has 3 N–H and O–H groups in total. The van der Waals surface area contributed by atoms with Crippen molar-refractivity contribution in [2.75, 3.05) is 6.54 Å². The van der Waals surface area contributed by atoms with Gasteiger partial charge < -0.3 is 15.4 Å².